The van der Waals surface area contributed by atoms with E-state index in [2.05, 4.69) is 0 Å². The Morgan fingerprint density at radius 2 is 1.83 bits per heavy atom. The predicted molar refractivity (Wildman–Crippen MR) is 70.2 cm³/mol. The van der Waals surface area contributed by atoms with Gasteiger partial charge >= 0.3 is 0 Å². The maximum Gasteiger partial charge on any atom is 0.165 e. The Morgan fingerprint density at radius 3 is 2.50 bits per heavy atom. The van der Waals surface area contributed by atoms with Crippen LogP contribution in [0.15, 0.2) is 42.5 Å². The maximum atomic E-state index is 13.3. The molecule has 2 N–H and O–H groups in total. The fraction of sp³-hybridized carbons (Fsp3) is 0.200. The molecule has 18 heavy (non-hydrogen) atoms. The van der Waals surface area contributed by atoms with Gasteiger partial charge in [0.15, 0.2) is 11.6 Å². The van der Waals surface area contributed by atoms with Crippen molar-refractivity contribution in [3.8, 4) is 5.75 Å². The molecule has 0 aliphatic rings. The molecule has 0 bridgehead atoms. The van der Waals surface area contributed by atoms with E-state index in [4.69, 9.17) is 10.5 Å². The second kappa shape index (κ2) is 5.19. The average molecular weight is 245 g/mol. The Morgan fingerprint density at radius 1 is 1.11 bits per heavy atom. The Hall–Kier alpha value is -1.87. The van der Waals surface area contributed by atoms with Crippen LogP contribution in [0.2, 0.25) is 0 Å². The van der Waals surface area contributed by atoms with E-state index in [1.807, 2.05) is 31.2 Å². The molecule has 0 saturated carbocycles. The molecule has 0 heterocycles. The smallest absolute Gasteiger partial charge is 0.165 e. The Bertz CT molecular complexity index is 554. The molecular formula is C15H16FNO. The summed E-state index contributed by atoms with van der Waals surface area (Å²) in [6.07, 6.45) is 0. The van der Waals surface area contributed by atoms with Gasteiger partial charge in [-0.2, -0.15) is 0 Å². The van der Waals surface area contributed by atoms with Crippen LogP contribution in [0, 0.1) is 12.7 Å². The molecule has 3 heteroatoms. The zero-order chi connectivity index (χ0) is 13.1. The van der Waals surface area contributed by atoms with Crippen molar-refractivity contribution in [2.24, 2.45) is 5.73 Å². The highest BCUT2D eigenvalue weighted by atomic mass is 19.1. The normalized spacial score (nSPS) is 12.2. The molecule has 0 amide bonds. The van der Waals surface area contributed by atoms with Crippen LogP contribution in [-0.2, 0) is 0 Å². The Balaban J connectivity index is 2.36. The van der Waals surface area contributed by atoms with Gasteiger partial charge in [-0.25, -0.2) is 4.39 Å². The van der Waals surface area contributed by atoms with Crippen LogP contribution in [0.25, 0.3) is 0 Å². The molecule has 0 saturated heterocycles. The monoisotopic (exact) mass is 245 g/mol. The number of hydrogen-bond acceptors (Lipinski definition) is 2. The van der Waals surface area contributed by atoms with Gasteiger partial charge in [0.05, 0.1) is 13.2 Å². The van der Waals surface area contributed by atoms with Crippen LogP contribution in [0.3, 0.4) is 0 Å². The van der Waals surface area contributed by atoms with Crippen LogP contribution in [0.5, 0.6) is 5.75 Å². The van der Waals surface area contributed by atoms with Gasteiger partial charge in [-0.05, 0) is 30.2 Å². The summed E-state index contributed by atoms with van der Waals surface area (Å²) in [6.45, 7) is 2.02. The third-order valence-corrected chi connectivity index (χ3v) is 2.94. The lowest BCUT2D eigenvalue weighted by molar-refractivity contribution is 0.385. The molecule has 0 aromatic heterocycles. The first kappa shape index (κ1) is 12.6. The zero-order valence-electron chi connectivity index (χ0n) is 10.5. The first-order valence-corrected chi connectivity index (χ1v) is 5.77. The van der Waals surface area contributed by atoms with Gasteiger partial charge in [-0.3, -0.25) is 0 Å². The quantitative estimate of drug-likeness (QED) is 0.901. The molecule has 2 rings (SSSR count). The molecule has 0 aliphatic carbocycles. The van der Waals surface area contributed by atoms with E-state index in [9.17, 15) is 4.39 Å². The third-order valence-electron chi connectivity index (χ3n) is 2.94. The zero-order valence-corrected chi connectivity index (χ0v) is 10.5. The summed E-state index contributed by atoms with van der Waals surface area (Å²) in [4.78, 5) is 0. The minimum atomic E-state index is -0.377. The first-order valence-electron chi connectivity index (χ1n) is 5.77. The first-order chi connectivity index (χ1) is 8.61. The fourth-order valence-corrected chi connectivity index (χ4v) is 1.93. The van der Waals surface area contributed by atoms with Gasteiger partial charge in [0.25, 0.3) is 0 Å². The van der Waals surface area contributed by atoms with Gasteiger partial charge in [0, 0.05) is 0 Å². The molecule has 2 aromatic carbocycles. The Labute approximate surface area is 106 Å². The number of ether oxygens (including phenoxy) is 1. The van der Waals surface area contributed by atoms with Crippen LogP contribution in [0.1, 0.15) is 22.7 Å². The average Bonchev–Trinajstić information content (AvgIpc) is 2.38. The number of aryl methyl sites for hydroxylation is 1. The summed E-state index contributed by atoms with van der Waals surface area (Å²) in [7, 11) is 1.44. The van der Waals surface area contributed by atoms with Crippen molar-refractivity contribution in [3.05, 3.63) is 65.0 Å². The van der Waals surface area contributed by atoms with E-state index in [0.29, 0.717) is 0 Å². The minimum Gasteiger partial charge on any atom is -0.494 e. The minimum absolute atomic E-state index is 0.218. The highest BCUT2D eigenvalue weighted by molar-refractivity contribution is 5.38. The van der Waals surface area contributed by atoms with Crippen LogP contribution in [0.4, 0.5) is 4.39 Å². The van der Waals surface area contributed by atoms with Crippen molar-refractivity contribution in [1.82, 2.24) is 0 Å². The lowest BCUT2D eigenvalue weighted by Gasteiger charge is -2.14. The molecule has 2 nitrogen and oxygen atoms in total. The van der Waals surface area contributed by atoms with Crippen LogP contribution < -0.4 is 10.5 Å². The number of benzene rings is 2. The summed E-state index contributed by atoms with van der Waals surface area (Å²) in [5.74, 6) is -0.159. The number of hydrogen-bond donors (Lipinski definition) is 1. The molecule has 2 aromatic rings. The molecule has 0 fully saturated rings. The number of halogens is 1. The summed E-state index contributed by atoms with van der Waals surface area (Å²) in [5.41, 5.74) is 9.17. The van der Waals surface area contributed by atoms with Gasteiger partial charge in [-0.15, -0.1) is 0 Å². The summed E-state index contributed by atoms with van der Waals surface area (Å²) in [5, 5.41) is 0. The third kappa shape index (κ3) is 2.51. The molecule has 1 unspecified atom stereocenters. The summed E-state index contributed by atoms with van der Waals surface area (Å²) in [6, 6.07) is 12.4. The van der Waals surface area contributed by atoms with Crippen LogP contribution >= 0.6 is 0 Å². The van der Waals surface area contributed by atoms with Gasteiger partial charge in [0.2, 0.25) is 0 Å². The second-order valence-electron chi connectivity index (χ2n) is 4.29. The van der Waals surface area contributed by atoms with E-state index in [1.165, 1.54) is 13.2 Å². The molecule has 0 radical (unpaired) electrons. The van der Waals surface area contributed by atoms with Crippen molar-refractivity contribution < 1.29 is 9.13 Å². The van der Waals surface area contributed by atoms with Crippen molar-refractivity contribution in [3.63, 3.8) is 0 Å². The standard InChI is InChI=1S/C15H16FNO/c1-10-4-3-5-11(8-10)15(17)12-6-7-13(16)14(9-12)18-2/h3-9,15H,17H2,1-2H3. The highest BCUT2D eigenvalue weighted by Gasteiger charge is 2.12. The van der Waals surface area contributed by atoms with E-state index < -0.39 is 0 Å². The SMILES string of the molecule is COc1cc(C(N)c2cccc(C)c2)ccc1F. The number of methoxy groups -OCH3 is 1. The van der Waals surface area contributed by atoms with Gasteiger partial charge in [-0.1, -0.05) is 35.9 Å². The molecule has 94 valence electrons. The van der Waals surface area contributed by atoms with Crippen molar-refractivity contribution in [1.29, 1.82) is 0 Å². The summed E-state index contributed by atoms with van der Waals surface area (Å²) >= 11 is 0. The van der Waals surface area contributed by atoms with E-state index in [-0.39, 0.29) is 17.6 Å². The van der Waals surface area contributed by atoms with Gasteiger partial charge < -0.3 is 10.5 Å². The molecule has 0 spiro atoms. The molecule has 1 atom stereocenters. The maximum absolute atomic E-state index is 13.3. The number of nitrogens with two attached hydrogens (primary N) is 1. The topological polar surface area (TPSA) is 35.2 Å². The van der Waals surface area contributed by atoms with E-state index >= 15 is 0 Å². The van der Waals surface area contributed by atoms with Crippen molar-refractivity contribution in [2.75, 3.05) is 7.11 Å². The number of rotatable bonds is 3. The van der Waals surface area contributed by atoms with Crippen LogP contribution in [-0.4, -0.2) is 7.11 Å². The molecule has 0 aliphatic heterocycles. The summed E-state index contributed by atoms with van der Waals surface area (Å²) < 4.78 is 18.3. The fourth-order valence-electron chi connectivity index (χ4n) is 1.93. The largest absolute Gasteiger partial charge is 0.494 e. The van der Waals surface area contributed by atoms with E-state index in [1.54, 1.807) is 12.1 Å². The lowest BCUT2D eigenvalue weighted by Crippen LogP contribution is -2.12. The van der Waals surface area contributed by atoms with Crippen molar-refractivity contribution >= 4 is 0 Å². The Kier molecular flexibility index (Phi) is 3.63. The lowest BCUT2D eigenvalue weighted by atomic mass is 9.98. The van der Waals surface area contributed by atoms with Gasteiger partial charge in [0.1, 0.15) is 0 Å². The molecular weight excluding hydrogens is 229 g/mol. The van der Waals surface area contributed by atoms with E-state index in [0.717, 1.165) is 16.7 Å². The second-order valence-corrected chi connectivity index (χ2v) is 4.29. The highest BCUT2D eigenvalue weighted by Crippen LogP contribution is 2.25. The predicted octanol–water partition coefficient (Wildman–Crippen LogP) is 3.19. The van der Waals surface area contributed by atoms with Crippen molar-refractivity contribution in [2.45, 2.75) is 13.0 Å².